The molecule has 66 valence electrons. The molecule has 0 atom stereocenters. The molecule has 1 aromatic carbocycles. The average molecular weight is 193 g/mol. The highest BCUT2D eigenvalue weighted by atomic mass is 35.5. The largest absolute Gasteiger partial charge is 0.345 e. The number of benzene rings is 1. The van der Waals surface area contributed by atoms with Crippen LogP contribution in [0.15, 0.2) is 30.7 Å². The van der Waals surface area contributed by atoms with Gasteiger partial charge in [0, 0.05) is 5.02 Å². The van der Waals surface area contributed by atoms with Gasteiger partial charge in [0.05, 0.1) is 18.2 Å². The van der Waals surface area contributed by atoms with Gasteiger partial charge in [0.15, 0.2) is 0 Å². The first kappa shape index (κ1) is 8.32. The fourth-order valence-corrected chi connectivity index (χ4v) is 1.34. The summed E-state index contributed by atoms with van der Waals surface area (Å²) in [5.41, 5.74) is 3.20. The van der Waals surface area contributed by atoms with Gasteiger partial charge in [-0.2, -0.15) is 0 Å². The number of nitrogens with zero attached hydrogens (tertiary/aromatic N) is 1. The molecule has 1 N–H and O–H groups in total. The number of nitrogens with one attached hydrogen (secondary N) is 1. The highest BCUT2D eigenvalue weighted by molar-refractivity contribution is 6.31. The summed E-state index contributed by atoms with van der Waals surface area (Å²) in [6.45, 7) is 1.99. The third-order valence-electron chi connectivity index (χ3n) is 1.97. The Morgan fingerprint density at radius 2 is 2.23 bits per heavy atom. The molecular weight excluding hydrogens is 184 g/mol. The zero-order valence-corrected chi connectivity index (χ0v) is 7.97. The molecule has 0 fully saturated rings. The lowest BCUT2D eigenvalue weighted by Gasteiger charge is -2.00. The van der Waals surface area contributed by atoms with Gasteiger partial charge in [-0.1, -0.05) is 17.7 Å². The molecule has 0 spiro atoms. The third-order valence-corrected chi connectivity index (χ3v) is 2.39. The highest BCUT2D eigenvalue weighted by Gasteiger charge is 2.00. The van der Waals surface area contributed by atoms with Crippen molar-refractivity contribution in [2.24, 2.45) is 0 Å². The number of aromatic amines is 1. The molecule has 13 heavy (non-hydrogen) atoms. The molecular formula is C10H9ClN2. The molecule has 2 nitrogen and oxygen atoms in total. The monoisotopic (exact) mass is 192 g/mol. The van der Waals surface area contributed by atoms with E-state index in [0.29, 0.717) is 0 Å². The predicted octanol–water partition coefficient (Wildman–Crippen LogP) is 3.04. The van der Waals surface area contributed by atoms with Crippen LogP contribution in [0.3, 0.4) is 0 Å². The fraction of sp³-hybridized carbons (Fsp3) is 0.100. The van der Waals surface area contributed by atoms with Crippen molar-refractivity contribution >= 4 is 11.6 Å². The van der Waals surface area contributed by atoms with Crippen LogP contribution in [0, 0.1) is 6.92 Å². The van der Waals surface area contributed by atoms with Crippen LogP contribution in [-0.2, 0) is 0 Å². The quantitative estimate of drug-likeness (QED) is 0.739. The van der Waals surface area contributed by atoms with Gasteiger partial charge in [0.25, 0.3) is 0 Å². The van der Waals surface area contributed by atoms with Gasteiger partial charge in [-0.05, 0) is 30.2 Å². The number of hydrogen-bond acceptors (Lipinski definition) is 1. The third kappa shape index (κ3) is 1.58. The van der Waals surface area contributed by atoms with Crippen LogP contribution in [-0.4, -0.2) is 9.97 Å². The number of aryl methyl sites for hydroxylation is 1. The maximum absolute atomic E-state index is 5.92. The second-order valence-corrected chi connectivity index (χ2v) is 3.34. The molecule has 0 bridgehead atoms. The van der Waals surface area contributed by atoms with Crippen LogP contribution in [0.5, 0.6) is 0 Å². The summed E-state index contributed by atoms with van der Waals surface area (Å²) >= 11 is 5.92. The molecule has 0 saturated carbocycles. The van der Waals surface area contributed by atoms with Crippen LogP contribution in [0.2, 0.25) is 5.02 Å². The predicted molar refractivity (Wildman–Crippen MR) is 53.8 cm³/mol. The van der Waals surface area contributed by atoms with E-state index in [4.69, 9.17) is 11.6 Å². The zero-order valence-electron chi connectivity index (χ0n) is 7.21. The van der Waals surface area contributed by atoms with Gasteiger partial charge in [-0.15, -0.1) is 0 Å². The van der Waals surface area contributed by atoms with E-state index in [-0.39, 0.29) is 0 Å². The number of aromatic nitrogens is 2. The molecule has 0 aliphatic heterocycles. The number of H-pyrrole nitrogens is 1. The van der Waals surface area contributed by atoms with Crippen molar-refractivity contribution in [1.29, 1.82) is 0 Å². The topological polar surface area (TPSA) is 28.7 Å². The second kappa shape index (κ2) is 3.23. The lowest BCUT2D eigenvalue weighted by molar-refractivity contribution is 1.31. The number of imidazole rings is 1. The molecule has 0 saturated heterocycles. The Labute approximate surface area is 81.6 Å². The van der Waals surface area contributed by atoms with E-state index in [2.05, 4.69) is 9.97 Å². The molecule has 2 aromatic rings. The van der Waals surface area contributed by atoms with E-state index in [0.717, 1.165) is 21.8 Å². The van der Waals surface area contributed by atoms with Crippen LogP contribution < -0.4 is 0 Å². The Hall–Kier alpha value is -1.28. The average Bonchev–Trinajstić information content (AvgIpc) is 2.62. The maximum Gasteiger partial charge on any atom is 0.0924 e. The minimum atomic E-state index is 0.795. The van der Waals surface area contributed by atoms with Crippen molar-refractivity contribution < 1.29 is 0 Å². The normalized spacial score (nSPS) is 10.3. The van der Waals surface area contributed by atoms with Gasteiger partial charge in [-0.3, -0.25) is 0 Å². The summed E-state index contributed by atoms with van der Waals surface area (Å²) in [5, 5.41) is 0.795. The van der Waals surface area contributed by atoms with Crippen molar-refractivity contribution in [2.75, 3.05) is 0 Å². The van der Waals surface area contributed by atoms with E-state index >= 15 is 0 Å². The fourth-order valence-electron chi connectivity index (χ4n) is 1.23. The standard InChI is InChI=1S/C10H9ClN2/c1-7-4-8(2-3-9(7)11)10-5-12-6-13-10/h2-6H,1H3,(H,12,13). The minimum absolute atomic E-state index is 0.795. The molecule has 0 aliphatic rings. The summed E-state index contributed by atoms with van der Waals surface area (Å²) in [4.78, 5) is 7.01. The first-order valence-electron chi connectivity index (χ1n) is 4.02. The lowest BCUT2D eigenvalue weighted by Crippen LogP contribution is -1.80. The Morgan fingerprint density at radius 1 is 1.38 bits per heavy atom. The smallest absolute Gasteiger partial charge is 0.0924 e. The second-order valence-electron chi connectivity index (χ2n) is 2.93. The SMILES string of the molecule is Cc1cc(-c2cnc[nH]2)ccc1Cl. The first-order chi connectivity index (χ1) is 6.27. The van der Waals surface area contributed by atoms with E-state index in [9.17, 15) is 0 Å². The molecule has 0 unspecified atom stereocenters. The summed E-state index contributed by atoms with van der Waals surface area (Å²) in [7, 11) is 0. The summed E-state index contributed by atoms with van der Waals surface area (Å²) < 4.78 is 0. The van der Waals surface area contributed by atoms with Crippen molar-refractivity contribution in [3.63, 3.8) is 0 Å². The van der Waals surface area contributed by atoms with Crippen LogP contribution >= 0.6 is 11.6 Å². The van der Waals surface area contributed by atoms with Gasteiger partial charge in [-0.25, -0.2) is 4.98 Å². The summed E-state index contributed by atoms with van der Waals surface area (Å²) in [6.07, 6.45) is 3.46. The van der Waals surface area contributed by atoms with Crippen molar-refractivity contribution in [1.82, 2.24) is 9.97 Å². The van der Waals surface area contributed by atoms with Gasteiger partial charge in [0.2, 0.25) is 0 Å². The van der Waals surface area contributed by atoms with Gasteiger partial charge < -0.3 is 4.98 Å². The summed E-state index contributed by atoms with van der Waals surface area (Å²) in [5.74, 6) is 0. The number of hydrogen-bond donors (Lipinski definition) is 1. The van der Waals surface area contributed by atoms with E-state index in [1.807, 2.05) is 25.1 Å². The van der Waals surface area contributed by atoms with E-state index in [1.54, 1.807) is 12.5 Å². The van der Waals surface area contributed by atoms with E-state index < -0.39 is 0 Å². The maximum atomic E-state index is 5.92. The Kier molecular flexibility index (Phi) is 2.07. The minimum Gasteiger partial charge on any atom is -0.345 e. The molecule has 1 aromatic heterocycles. The van der Waals surface area contributed by atoms with Gasteiger partial charge >= 0.3 is 0 Å². The summed E-state index contributed by atoms with van der Waals surface area (Å²) in [6, 6.07) is 5.91. The Morgan fingerprint density at radius 3 is 2.85 bits per heavy atom. The molecule has 0 radical (unpaired) electrons. The molecule has 1 heterocycles. The highest BCUT2D eigenvalue weighted by Crippen LogP contribution is 2.22. The number of halogens is 1. The molecule has 0 aliphatic carbocycles. The van der Waals surface area contributed by atoms with Crippen LogP contribution in [0.1, 0.15) is 5.56 Å². The molecule has 3 heteroatoms. The number of rotatable bonds is 1. The van der Waals surface area contributed by atoms with Crippen molar-refractivity contribution in [3.8, 4) is 11.3 Å². The molecule has 2 rings (SSSR count). The zero-order chi connectivity index (χ0) is 9.26. The van der Waals surface area contributed by atoms with Crippen molar-refractivity contribution in [3.05, 3.63) is 41.3 Å². The lowest BCUT2D eigenvalue weighted by atomic mass is 10.1. The Bertz CT molecular complexity index is 407. The first-order valence-corrected chi connectivity index (χ1v) is 4.40. The van der Waals surface area contributed by atoms with Gasteiger partial charge in [0.1, 0.15) is 0 Å². The van der Waals surface area contributed by atoms with Crippen LogP contribution in [0.25, 0.3) is 11.3 Å². The van der Waals surface area contributed by atoms with E-state index in [1.165, 1.54) is 0 Å². The van der Waals surface area contributed by atoms with Crippen molar-refractivity contribution in [2.45, 2.75) is 6.92 Å². The molecule has 0 amide bonds. The Balaban J connectivity index is 2.49. The van der Waals surface area contributed by atoms with Crippen LogP contribution in [0.4, 0.5) is 0 Å².